The molecule has 1 aromatic carbocycles. The van der Waals surface area contributed by atoms with Crippen molar-refractivity contribution < 1.29 is 19.3 Å². The molecule has 1 aliphatic heterocycles. The SMILES string of the molecule is COc1cc(CNCCCC2CCCC2)ccc1OCC(O)CN1CCOCC1. The van der Waals surface area contributed by atoms with E-state index in [0.717, 1.165) is 45.3 Å². The van der Waals surface area contributed by atoms with Gasteiger partial charge < -0.3 is 24.6 Å². The highest BCUT2D eigenvalue weighted by Gasteiger charge is 2.16. The minimum atomic E-state index is -0.529. The Kier molecular flexibility index (Phi) is 9.54. The van der Waals surface area contributed by atoms with E-state index in [-0.39, 0.29) is 6.61 Å². The number of hydrogen-bond acceptors (Lipinski definition) is 6. The molecule has 0 radical (unpaired) electrons. The van der Waals surface area contributed by atoms with Crippen LogP contribution in [0, 0.1) is 5.92 Å². The molecule has 2 fully saturated rings. The summed E-state index contributed by atoms with van der Waals surface area (Å²) in [5.41, 5.74) is 1.18. The number of morpholine rings is 1. The van der Waals surface area contributed by atoms with Crippen LogP contribution in [-0.2, 0) is 11.3 Å². The number of aliphatic hydroxyl groups excluding tert-OH is 1. The summed E-state index contributed by atoms with van der Waals surface area (Å²) in [6.07, 6.45) is 7.80. The fraction of sp³-hybridized carbons (Fsp3) is 0.739. The lowest BCUT2D eigenvalue weighted by Crippen LogP contribution is -2.42. The summed E-state index contributed by atoms with van der Waals surface area (Å²) in [6.45, 7) is 5.95. The van der Waals surface area contributed by atoms with Crippen molar-refractivity contribution in [1.82, 2.24) is 10.2 Å². The van der Waals surface area contributed by atoms with Crippen LogP contribution in [0.4, 0.5) is 0 Å². The maximum absolute atomic E-state index is 10.3. The lowest BCUT2D eigenvalue weighted by atomic mass is 10.0. The molecule has 1 saturated heterocycles. The number of methoxy groups -OCH3 is 1. The molecule has 1 unspecified atom stereocenters. The van der Waals surface area contributed by atoms with Gasteiger partial charge in [-0.3, -0.25) is 4.90 Å². The minimum absolute atomic E-state index is 0.256. The lowest BCUT2D eigenvalue weighted by molar-refractivity contribution is 0.00445. The van der Waals surface area contributed by atoms with Crippen LogP contribution in [0.5, 0.6) is 11.5 Å². The predicted octanol–water partition coefficient (Wildman–Crippen LogP) is 2.83. The smallest absolute Gasteiger partial charge is 0.161 e. The minimum Gasteiger partial charge on any atom is -0.493 e. The Morgan fingerprint density at radius 2 is 2.00 bits per heavy atom. The molecule has 1 aromatic rings. The molecule has 0 amide bonds. The van der Waals surface area contributed by atoms with Crippen molar-refractivity contribution in [3.05, 3.63) is 23.8 Å². The van der Waals surface area contributed by atoms with Crippen LogP contribution in [0.3, 0.4) is 0 Å². The lowest BCUT2D eigenvalue weighted by Gasteiger charge is -2.28. The van der Waals surface area contributed by atoms with Gasteiger partial charge in [0, 0.05) is 26.2 Å². The molecule has 1 heterocycles. The second kappa shape index (κ2) is 12.4. The number of ether oxygens (including phenoxy) is 3. The van der Waals surface area contributed by atoms with Gasteiger partial charge in [0.05, 0.1) is 20.3 Å². The standard InChI is InChI=1S/C23H38N2O4/c1-27-23-15-20(16-24-10-4-7-19-5-2-3-6-19)8-9-22(23)29-18-21(26)17-25-11-13-28-14-12-25/h8-9,15,19,21,24,26H,2-7,10-14,16-18H2,1H3. The van der Waals surface area contributed by atoms with Crippen molar-refractivity contribution in [1.29, 1.82) is 0 Å². The maximum atomic E-state index is 10.3. The third-order valence-electron chi connectivity index (χ3n) is 6.00. The molecule has 6 nitrogen and oxygen atoms in total. The second-order valence-corrected chi connectivity index (χ2v) is 8.33. The first kappa shape index (κ1) is 22.3. The predicted molar refractivity (Wildman–Crippen MR) is 115 cm³/mol. The van der Waals surface area contributed by atoms with E-state index in [0.29, 0.717) is 18.0 Å². The monoisotopic (exact) mass is 406 g/mol. The van der Waals surface area contributed by atoms with E-state index in [1.54, 1.807) is 7.11 Å². The van der Waals surface area contributed by atoms with Crippen LogP contribution in [0.1, 0.15) is 44.1 Å². The Morgan fingerprint density at radius 3 is 2.76 bits per heavy atom. The van der Waals surface area contributed by atoms with E-state index in [2.05, 4.69) is 16.3 Å². The van der Waals surface area contributed by atoms with Crippen LogP contribution < -0.4 is 14.8 Å². The third-order valence-corrected chi connectivity index (χ3v) is 6.00. The highest BCUT2D eigenvalue weighted by Crippen LogP contribution is 2.29. The number of nitrogens with zero attached hydrogens (tertiary/aromatic N) is 1. The number of rotatable bonds is 12. The topological polar surface area (TPSA) is 63.2 Å². The van der Waals surface area contributed by atoms with E-state index in [9.17, 15) is 5.11 Å². The van der Waals surface area contributed by atoms with Crippen LogP contribution in [0.25, 0.3) is 0 Å². The van der Waals surface area contributed by atoms with E-state index in [1.165, 1.54) is 44.1 Å². The van der Waals surface area contributed by atoms with Crippen molar-refractivity contribution in [3.63, 3.8) is 0 Å². The molecule has 2 N–H and O–H groups in total. The first-order chi connectivity index (χ1) is 14.2. The highest BCUT2D eigenvalue weighted by atomic mass is 16.5. The van der Waals surface area contributed by atoms with Gasteiger partial charge >= 0.3 is 0 Å². The van der Waals surface area contributed by atoms with Gasteiger partial charge in [-0.25, -0.2) is 0 Å². The van der Waals surface area contributed by atoms with Crippen molar-refractivity contribution >= 4 is 0 Å². The molecule has 6 heteroatoms. The summed E-state index contributed by atoms with van der Waals surface area (Å²) in [5.74, 6) is 2.36. The van der Waals surface area contributed by atoms with Gasteiger partial charge in [-0.2, -0.15) is 0 Å². The quantitative estimate of drug-likeness (QED) is 0.521. The van der Waals surface area contributed by atoms with E-state index >= 15 is 0 Å². The normalized spacial score (nSPS) is 19.4. The van der Waals surface area contributed by atoms with Crippen molar-refractivity contribution in [3.8, 4) is 11.5 Å². The number of hydrogen-bond donors (Lipinski definition) is 2. The van der Waals surface area contributed by atoms with Crippen LogP contribution in [-0.4, -0.2) is 69.2 Å². The Balaban J connectivity index is 1.37. The largest absolute Gasteiger partial charge is 0.493 e. The molecule has 0 bridgehead atoms. The molecular formula is C23H38N2O4. The molecular weight excluding hydrogens is 368 g/mol. The number of nitrogens with one attached hydrogen (secondary N) is 1. The molecule has 29 heavy (non-hydrogen) atoms. The summed E-state index contributed by atoms with van der Waals surface area (Å²) in [5, 5.41) is 13.8. The average Bonchev–Trinajstić information content (AvgIpc) is 3.26. The molecule has 1 aliphatic carbocycles. The fourth-order valence-corrected chi connectivity index (χ4v) is 4.31. The zero-order chi connectivity index (χ0) is 20.3. The van der Waals surface area contributed by atoms with E-state index in [1.807, 2.05) is 12.1 Å². The number of benzene rings is 1. The first-order valence-electron chi connectivity index (χ1n) is 11.2. The van der Waals surface area contributed by atoms with Crippen LogP contribution in [0.2, 0.25) is 0 Å². The molecule has 0 spiro atoms. The van der Waals surface area contributed by atoms with Crippen molar-refractivity contribution in [2.75, 3.05) is 53.1 Å². The van der Waals surface area contributed by atoms with E-state index in [4.69, 9.17) is 14.2 Å². The summed E-state index contributed by atoms with van der Waals surface area (Å²) < 4.78 is 16.7. The zero-order valence-corrected chi connectivity index (χ0v) is 17.9. The summed E-state index contributed by atoms with van der Waals surface area (Å²) in [6, 6.07) is 6.03. The molecule has 2 aliphatic rings. The second-order valence-electron chi connectivity index (χ2n) is 8.33. The third kappa shape index (κ3) is 7.78. The van der Waals surface area contributed by atoms with Crippen molar-refractivity contribution in [2.24, 2.45) is 5.92 Å². The molecule has 164 valence electrons. The number of aliphatic hydroxyl groups is 1. The van der Waals surface area contributed by atoms with Gasteiger partial charge in [0.25, 0.3) is 0 Å². The average molecular weight is 407 g/mol. The summed E-state index contributed by atoms with van der Waals surface area (Å²) in [4.78, 5) is 2.20. The van der Waals surface area contributed by atoms with Crippen LogP contribution >= 0.6 is 0 Å². The van der Waals surface area contributed by atoms with Gasteiger partial charge in [0.15, 0.2) is 11.5 Å². The van der Waals surface area contributed by atoms with Crippen molar-refractivity contribution in [2.45, 2.75) is 51.2 Å². The Labute approximate surface area is 175 Å². The van der Waals surface area contributed by atoms with Gasteiger partial charge in [-0.15, -0.1) is 0 Å². The fourth-order valence-electron chi connectivity index (χ4n) is 4.31. The molecule has 1 atom stereocenters. The van der Waals surface area contributed by atoms with Gasteiger partial charge in [0.1, 0.15) is 12.7 Å². The number of β-amino-alcohol motifs (C(OH)–C–C–N with tert-alkyl or cyclic N) is 1. The van der Waals surface area contributed by atoms with Gasteiger partial charge in [-0.1, -0.05) is 31.7 Å². The van der Waals surface area contributed by atoms with E-state index < -0.39 is 6.10 Å². The van der Waals surface area contributed by atoms with Crippen LogP contribution in [0.15, 0.2) is 18.2 Å². The molecule has 1 saturated carbocycles. The first-order valence-corrected chi connectivity index (χ1v) is 11.2. The molecule has 3 rings (SSSR count). The maximum Gasteiger partial charge on any atom is 0.161 e. The van der Waals surface area contributed by atoms with Gasteiger partial charge in [-0.05, 0) is 43.0 Å². The summed E-state index contributed by atoms with van der Waals surface area (Å²) in [7, 11) is 1.66. The molecule has 0 aromatic heterocycles. The Bertz CT molecular complexity index is 586. The zero-order valence-electron chi connectivity index (χ0n) is 17.9. The van der Waals surface area contributed by atoms with Gasteiger partial charge in [0.2, 0.25) is 0 Å². The Hall–Kier alpha value is -1.34. The summed E-state index contributed by atoms with van der Waals surface area (Å²) >= 11 is 0. The Morgan fingerprint density at radius 1 is 1.21 bits per heavy atom. The highest BCUT2D eigenvalue weighted by molar-refractivity contribution is 5.43.